The number of aromatic hydroxyl groups is 1. The predicted octanol–water partition coefficient (Wildman–Crippen LogP) is 4.48. The lowest BCUT2D eigenvalue weighted by atomic mass is 9.91. The Balaban J connectivity index is 1.90. The van der Waals surface area contributed by atoms with Gasteiger partial charge >= 0.3 is 0 Å². The number of nitrogens with zero attached hydrogens (tertiary/aromatic N) is 3. The van der Waals surface area contributed by atoms with E-state index in [1.165, 1.54) is 4.80 Å². The van der Waals surface area contributed by atoms with Crippen molar-refractivity contribution >= 4 is 22.6 Å². The zero-order valence-corrected chi connectivity index (χ0v) is 15.7. The first-order valence-corrected chi connectivity index (χ1v) is 9.00. The highest BCUT2D eigenvalue weighted by atomic mass is 35.5. The van der Waals surface area contributed by atoms with Gasteiger partial charge in [0.1, 0.15) is 0 Å². The Morgan fingerprint density at radius 2 is 1.85 bits per heavy atom. The van der Waals surface area contributed by atoms with E-state index in [1.807, 2.05) is 50.2 Å². The van der Waals surface area contributed by atoms with Crippen molar-refractivity contribution in [1.82, 2.24) is 9.90 Å². The second-order valence-corrected chi connectivity index (χ2v) is 7.09. The van der Waals surface area contributed by atoms with E-state index in [0.29, 0.717) is 26.6 Å². The molecule has 136 valence electrons. The predicted molar refractivity (Wildman–Crippen MR) is 105 cm³/mol. The van der Waals surface area contributed by atoms with Crippen LogP contribution in [0.25, 0.3) is 16.7 Å². The van der Waals surface area contributed by atoms with Crippen LogP contribution in [-0.2, 0) is 0 Å². The molecule has 0 fully saturated rings. The number of halogens is 1. The average molecular weight is 380 g/mol. The summed E-state index contributed by atoms with van der Waals surface area (Å²) in [6, 6.07) is 18.5. The van der Waals surface area contributed by atoms with Gasteiger partial charge in [0.25, 0.3) is 5.52 Å². The maximum Gasteiger partial charge on any atom is 0.251 e. The summed E-state index contributed by atoms with van der Waals surface area (Å²) in [4.78, 5) is 1.83. The van der Waals surface area contributed by atoms with Crippen LogP contribution in [-0.4, -0.2) is 15.0 Å². The van der Waals surface area contributed by atoms with E-state index in [0.717, 1.165) is 16.7 Å². The molecule has 4 rings (SSSR count). The molecule has 0 radical (unpaired) electrons. The molecule has 0 spiro atoms. The highest BCUT2D eigenvalue weighted by molar-refractivity contribution is 6.31. The van der Waals surface area contributed by atoms with Gasteiger partial charge in [-0.05, 0) is 41.0 Å². The van der Waals surface area contributed by atoms with Crippen LogP contribution in [0.4, 0.5) is 0 Å². The molecule has 4 aromatic rings. The van der Waals surface area contributed by atoms with E-state index in [4.69, 9.17) is 11.6 Å². The fourth-order valence-electron chi connectivity index (χ4n) is 3.33. The fraction of sp³-hybridized carbons (Fsp3) is 0.143. The third-order valence-corrected chi connectivity index (χ3v) is 5.00. The number of aryl methyl sites for hydroxylation is 1. The molecule has 1 aromatic heterocycles. The summed E-state index contributed by atoms with van der Waals surface area (Å²) >= 11 is 6.01. The Kier molecular flexibility index (Phi) is 4.24. The summed E-state index contributed by atoms with van der Waals surface area (Å²) in [5, 5.41) is 28.5. The number of phenolic OH excluding ortho intramolecular Hbond substituents is 1. The van der Waals surface area contributed by atoms with Crippen molar-refractivity contribution in [3.63, 3.8) is 0 Å². The van der Waals surface area contributed by atoms with Crippen LogP contribution in [0.5, 0.6) is 5.75 Å². The minimum Gasteiger partial charge on any atom is -0.692 e. The van der Waals surface area contributed by atoms with Gasteiger partial charge in [-0.2, -0.15) is 0 Å². The molecular weight excluding hydrogens is 362 g/mol. The Bertz CT molecular complexity index is 1140. The van der Waals surface area contributed by atoms with Crippen LogP contribution < -0.4 is 4.85 Å². The van der Waals surface area contributed by atoms with E-state index in [2.05, 4.69) is 5.10 Å². The monoisotopic (exact) mass is 379 g/mol. The molecule has 0 saturated heterocycles. The van der Waals surface area contributed by atoms with Crippen molar-refractivity contribution in [2.24, 2.45) is 0 Å². The number of aromatic nitrogens is 3. The number of phenols is 1. The van der Waals surface area contributed by atoms with Crippen LogP contribution in [0.2, 0.25) is 5.02 Å². The number of hydrogen-bond acceptors (Lipinski definition) is 3. The molecule has 5 nitrogen and oxygen atoms in total. The van der Waals surface area contributed by atoms with Gasteiger partial charge in [0.15, 0.2) is 11.4 Å². The Labute approximate surface area is 161 Å². The van der Waals surface area contributed by atoms with Gasteiger partial charge in [0, 0.05) is 22.6 Å². The average Bonchev–Trinajstić information content (AvgIpc) is 2.99. The van der Waals surface area contributed by atoms with Gasteiger partial charge in [-0.1, -0.05) is 54.9 Å². The lowest BCUT2D eigenvalue weighted by Gasteiger charge is -2.17. The van der Waals surface area contributed by atoms with Gasteiger partial charge in [-0.3, -0.25) is 0 Å². The first kappa shape index (κ1) is 17.4. The minimum atomic E-state index is -0.0376. The van der Waals surface area contributed by atoms with Crippen LogP contribution in [0, 0.1) is 12.1 Å². The topological polar surface area (TPSA) is 65.0 Å². The minimum absolute atomic E-state index is 0.0376. The van der Waals surface area contributed by atoms with Crippen molar-refractivity contribution in [3.05, 3.63) is 87.6 Å². The van der Waals surface area contributed by atoms with Gasteiger partial charge in [0.05, 0.1) is 5.10 Å². The molecule has 1 heterocycles. The summed E-state index contributed by atoms with van der Waals surface area (Å²) in [6.07, 6.45) is 0. The molecule has 0 aliphatic carbocycles. The molecule has 6 heteroatoms. The molecule has 0 amide bonds. The largest absolute Gasteiger partial charge is 0.692 e. The molecule has 0 aliphatic heterocycles. The van der Waals surface area contributed by atoms with E-state index >= 15 is 0 Å². The van der Waals surface area contributed by atoms with Crippen molar-refractivity contribution in [1.29, 1.82) is 0 Å². The SMILES string of the molecule is Cc1cc(C(C)c2ccccc2)c(O)c(-n2nc3cc(Cl)ccc3[n+]2[O-])c1. The van der Waals surface area contributed by atoms with Crippen LogP contribution in [0.1, 0.15) is 29.5 Å². The Morgan fingerprint density at radius 3 is 2.59 bits per heavy atom. The summed E-state index contributed by atoms with van der Waals surface area (Å²) < 4.78 is 0. The first-order chi connectivity index (χ1) is 13.0. The number of benzene rings is 3. The van der Waals surface area contributed by atoms with E-state index in [9.17, 15) is 10.3 Å². The van der Waals surface area contributed by atoms with Crippen LogP contribution >= 0.6 is 11.6 Å². The number of fused-ring (bicyclic) bond motifs is 1. The summed E-state index contributed by atoms with van der Waals surface area (Å²) in [6.45, 7) is 3.96. The number of hydrogen-bond donors (Lipinski definition) is 1. The van der Waals surface area contributed by atoms with Crippen molar-refractivity contribution < 1.29 is 9.95 Å². The quantitative estimate of drug-likeness (QED) is 0.421. The standard InChI is InChI=1S/C21H18ClN3O2/c1-13-10-17(14(2)15-6-4-3-5-7-15)21(26)20(11-13)24-23-18-12-16(22)8-9-19(18)25(24)27/h3-12,14,26H,1-2H3. The smallest absolute Gasteiger partial charge is 0.251 e. The maximum atomic E-state index is 12.7. The second-order valence-electron chi connectivity index (χ2n) is 6.65. The van der Waals surface area contributed by atoms with Gasteiger partial charge < -0.3 is 10.3 Å². The third kappa shape index (κ3) is 3.00. The van der Waals surface area contributed by atoms with Crippen molar-refractivity contribution in [3.8, 4) is 11.4 Å². The highest BCUT2D eigenvalue weighted by Gasteiger charge is 2.23. The van der Waals surface area contributed by atoms with E-state index < -0.39 is 0 Å². The molecule has 1 atom stereocenters. The fourth-order valence-corrected chi connectivity index (χ4v) is 3.49. The van der Waals surface area contributed by atoms with Crippen LogP contribution in [0.15, 0.2) is 60.7 Å². The zero-order chi connectivity index (χ0) is 19.1. The molecule has 1 unspecified atom stereocenters. The summed E-state index contributed by atoms with van der Waals surface area (Å²) in [7, 11) is 0. The molecule has 0 saturated carbocycles. The molecule has 1 N–H and O–H groups in total. The lowest BCUT2D eigenvalue weighted by Crippen LogP contribution is -2.37. The van der Waals surface area contributed by atoms with E-state index in [1.54, 1.807) is 24.3 Å². The molecule has 0 bridgehead atoms. The van der Waals surface area contributed by atoms with Crippen LogP contribution in [0.3, 0.4) is 0 Å². The lowest BCUT2D eigenvalue weighted by molar-refractivity contribution is -0.664. The first-order valence-electron chi connectivity index (χ1n) is 8.62. The number of rotatable bonds is 3. The summed E-state index contributed by atoms with van der Waals surface area (Å²) in [5.74, 6) is 0.00447. The second kappa shape index (κ2) is 6.59. The Hall–Kier alpha value is -3.05. The van der Waals surface area contributed by atoms with E-state index in [-0.39, 0.29) is 11.7 Å². The third-order valence-electron chi connectivity index (χ3n) is 4.76. The van der Waals surface area contributed by atoms with Gasteiger partial charge in [0.2, 0.25) is 5.52 Å². The molecule has 3 aromatic carbocycles. The van der Waals surface area contributed by atoms with Gasteiger partial charge in [-0.25, -0.2) is 0 Å². The zero-order valence-electron chi connectivity index (χ0n) is 14.9. The highest BCUT2D eigenvalue weighted by Crippen LogP contribution is 2.36. The molecular formula is C21H18ClN3O2. The van der Waals surface area contributed by atoms with Crippen molar-refractivity contribution in [2.45, 2.75) is 19.8 Å². The summed E-state index contributed by atoms with van der Waals surface area (Å²) in [5.41, 5.74) is 3.95. The molecule has 27 heavy (non-hydrogen) atoms. The van der Waals surface area contributed by atoms with Crippen molar-refractivity contribution in [2.75, 3.05) is 0 Å². The normalized spacial score (nSPS) is 12.4. The Morgan fingerprint density at radius 1 is 1.11 bits per heavy atom. The van der Waals surface area contributed by atoms with Gasteiger partial charge in [-0.15, -0.1) is 4.85 Å². The maximum absolute atomic E-state index is 12.7. The molecule has 0 aliphatic rings.